The highest BCUT2D eigenvalue weighted by atomic mass is 15.2. The van der Waals surface area contributed by atoms with E-state index in [1.165, 1.54) is 45.3 Å². The second kappa shape index (κ2) is 3.58. The summed E-state index contributed by atoms with van der Waals surface area (Å²) in [6.45, 7) is 8.46. The highest BCUT2D eigenvalue weighted by molar-refractivity contribution is 4.95. The van der Waals surface area contributed by atoms with Gasteiger partial charge < -0.3 is 5.32 Å². The molecular weight excluding hydrogens is 160 g/mol. The van der Waals surface area contributed by atoms with Gasteiger partial charge in [0.2, 0.25) is 0 Å². The Hall–Kier alpha value is -0.0800. The Bertz CT molecular complexity index is 175. The highest BCUT2D eigenvalue weighted by Crippen LogP contribution is 2.37. The minimum Gasteiger partial charge on any atom is -0.313 e. The Kier molecular flexibility index (Phi) is 2.61. The largest absolute Gasteiger partial charge is 0.313 e. The molecule has 2 fully saturated rings. The Balaban J connectivity index is 1.91. The van der Waals surface area contributed by atoms with Gasteiger partial charge in [-0.25, -0.2) is 0 Å². The molecule has 2 rings (SSSR count). The van der Waals surface area contributed by atoms with E-state index in [9.17, 15) is 0 Å². The first-order valence-corrected chi connectivity index (χ1v) is 5.69. The second-order valence-corrected chi connectivity index (χ2v) is 4.98. The molecule has 0 aromatic heterocycles. The summed E-state index contributed by atoms with van der Waals surface area (Å²) in [7, 11) is 0. The third kappa shape index (κ3) is 1.89. The van der Waals surface area contributed by atoms with Crippen LogP contribution in [0.3, 0.4) is 0 Å². The summed E-state index contributed by atoms with van der Waals surface area (Å²) < 4.78 is 0. The van der Waals surface area contributed by atoms with E-state index < -0.39 is 0 Å². The molecule has 0 spiro atoms. The van der Waals surface area contributed by atoms with Crippen LogP contribution in [-0.4, -0.2) is 36.1 Å². The molecule has 0 bridgehead atoms. The predicted octanol–water partition coefficient (Wildman–Crippen LogP) is 1.61. The van der Waals surface area contributed by atoms with Crippen molar-refractivity contribution in [3.63, 3.8) is 0 Å². The molecule has 1 N–H and O–H groups in total. The Labute approximate surface area is 81.7 Å². The number of hydrogen-bond donors (Lipinski definition) is 1. The van der Waals surface area contributed by atoms with Gasteiger partial charge in [0.1, 0.15) is 0 Å². The average molecular weight is 182 g/mol. The summed E-state index contributed by atoms with van der Waals surface area (Å²) in [4.78, 5) is 2.70. The van der Waals surface area contributed by atoms with Crippen LogP contribution in [0.15, 0.2) is 0 Å². The summed E-state index contributed by atoms with van der Waals surface area (Å²) in [6, 6.07) is 0.716. The number of nitrogens with zero attached hydrogens (tertiary/aromatic N) is 1. The molecule has 2 aliphatic rings. The Morgan fingerprint density at radius 2 is 2.08 bits per heavy atom. The molecule has 1 heterocycles. The van der Waals surface area contributed by atoms with Crippen molar-refractivity contribution in [2.24, 2.45) is 0 Å². The smallest absolute Gasteiger partial charge is 0.0182 e. The lowest BCUT2D eigenvalue weighted by Gasteiger charge is -2.47. The van der Waals surface area contributed by atoms with Crippen LogP contribution in [0, 0.1) is 0 Å². The zero-order valence-corrected chi connectivity index (χ0v) is 8.97. The maximum absolute atomic E-state index is 3.55. The molecule has 1 aliphatic carbocycles. The van der Waals surface area contributed by atoms with Crippen molar-refractivity contribution in [2.45, 2.75) is 51.1 Å². The monoisotopic (exact) mass is 182 g/mol. The van der Waals surface area contributed by atoms with Crippen LogP contribution in [0.4, 0.5) is 0 Å². The lowest BCUT2D eigenvalue weighted by Crippen LogP contribution is -2.52. The molecule has 1 aliphatic heterocycles. The minimum atomic E-state index is 0.561. The van der Waals surface area contributed by atoms with E-state index in [4.69, 9.17) is 0 Å². The van der Waals surface area contributed by atoms with Crippen molar-refractivity contribution in [3.8, 4) is 0 Å². The number of hydrogen-bond acceptors (Lipinski definition) is 2. The quantitative estimate of drug-likeness (QED) is 0.663. The molecule has 2 nitrogen and oxygen atoms in total. The van der Waals surface area contributed by atoms with E-state index in [0.717, 1.165) is 0 Å². The predicted molar refractivity (Wildman–Crippen MR) is 55.9 cm³/mol. The molecular formula is C11H22N2. The van der Waals surface area contributed by atoms with E-state index in [2.05, 4.69) is 24.1 Å². The third-order valence-corrected chi connectivity index (χ3v) is 3.90. The van der Waals surface area contributed by atoms with Crippen LogP contribution in [0.25, 0.3) is 0 Å². The summed E-state index contributed by atoms with van der Waals surface area (Å²) >= 11 is 0. The molecule has 0 radical (unpaired) electrons. The maximum atomic E-state index is 3.55. The van der Waals surface area contributed by atoms with Crippen LogP contribution in [-0.2, 0) is 0 Å². The van der Waals surface area contributed by atoms with E-state index >= 15 is 0 Å². The van der Waals surface area contributed by atoms with Crippen molar-refractivity contribution < 1.29 is 0 Å². The molecule has 1 atom stereocenters. The molecule has 1 saturated heterocycles. The van der Waals surface area contributed by atoms with Crippen LogP contribution in [0.5, 0.6) is 0 Å². The highest BCUT2D eigenvalue weighted by Gasteiger charge is 2.37. The zero-order valence-electron chi connectivity index (χ0n) is 8.97. The van der Waals surface area contributed by atoms with E-state index in [1.54, 1.807) is 0 Å². The number of nitrogens with one attached hydrogen (secondary N) is 1. The molecule has 1 unspecified atom stereocenters. The standard InChI is InChI=1S/C11H22N2/c1-10-4-8-13(9-7-12-10)11(2)5-3-6-11/h10,12H,3-9H2,1-2H3. The third-order valence-electron chi connectivity index (χ3n) is 3.90. The molecule has 0 aromatic carbocycles. The van der Waals surface area contributed by atoms with Gasteiger partial charge in [-0.3, -0.25) is 4.90 Å². The summed E-state index contributed by atoms with van der Waals surface area (Å²) in [5.41, 5.74) is 0.561. The molecule has 1 saturated carbocycles. The van der Waals surface area contributed by atoms with Crippen molar-refractivity contribution in [1.82, 2.24) is 10.2 Å². The summed E-state index contributed by atoms with van der Waals surface area (Å²) in [6.07, 6.45) is 5.59. The lowest BCUT2D eigenvalue weighted by molar-refractivity contribution is 0.0376. The van der Waals surface area contributed by atoms with E-state index in [-0.39, 0.29) is 0 Å². The van der Waals surface area contributed by atoms with Crippen LogP contribution in [0.2, 0.25) is 0 Å². The van der Waals surface area contributed by atoms with Gasteiger partial charge >= 0.3 is 0 Å². The molecule has 0 aromatic rings. The lowest BCUT2D eigenvalue weighted by atomic mass is 9.77. The molecule has 76 valence electrons. The van der Waals surface area contributed by atoms with Gasteiger partial charge in [0.25, 0.3) is 0 Å². The first-order valence-electron chi connectivity index (χ1n) is 5.69. The van der Waals surface area contributed by atoms with Gasteiger partial charge in [-0.05, 0) is 39.5 Å². The Morgan fingerprint density at radius 1 is 1.31 bits per heavy atom. The average Bonchev–Trinajstić information content (AvgIpc) is 2.26. The second-order valence-electron chi connectivity index (χ2n) is 4.98. The van der Waals surface area contributed by atoms with Crippen LogP contribution in [0.1, 0.15) is 39.5 Å². The van der Waals surface area contributed by atoms with Crippen molar-refractivity contribution in [1.29, 1.82) is 0 Å². The fourth-order valence-corrected chi connectivity index (χ4v) is 2.55. The van der Waals surface area contributed by atoms with Crippen molar-refractivity contribution in [3.05, 3.63) is 0 Å². The van der Waals surface area contributed by atoms with Crippen molar-refractivity contribution in [2.75, 3.05) is 19.6 Å². The summed E-state index contributed by atoms with van der Waals surface area (Å²) in [5.74, 6) is 0. The first-order chi connectivity index (χ1) is 6.21. The van der Waals surface area contributed by atoms with Gasteiger partial charge in [-0.2, -0.15) is 0 Å². The van der Waals surface area contributed by atoms with Gasteiger partial charge in [-0.1, -0.05) is 0 Å². The van der Waals surface area contributed by atoms with Gasteiger partial charge in [0, 0.05) is 31.2 Å². The Morgan fingerprint density at radius 3 is 2.69 bits per heavy atom. The molecule has 0 amide bonds. The zero-order chi connectivity index (χ0) is 9.31. The SMILES string of the molecule is CC1CCN(C2(C)CCC2)CCN1. The van der Waals surface area contributed by atoms with Gasteiger partial charge in [0.15, 0.2) is 0 Å². The normalized spacial score (nSPS) is 35.1. The van der Waals surface area contributed by atoms with Crippen molar-refractivity contribution >= 4 is 0 Å². The molecule has 2 heteroatoms. The minimum absolute atomic E-state index is 0.561. The fraction of sp³-hybridized carbons (Fsp3) is 1.00. The van der Waals surface area contributed by atoms with Crippen LogP contribution < -0.4 is 5.32 Å². The van der Waals surface area contributed by atoms with E-state index in [0.29, 0.717) is 11.6 Å². The fourth-order valence-electron chi connectivity index (χ4n) is 2.55. The topological polar surface area (TPSA) is 15.3 Å². The van der Waals surface area contributed by atoms with Crippen LogP contribution >= 0.6 is 0 Å². The first kappa shape index (κ1) is 9.47. The van der Waals surface area contributed by atoms with Gasteiger partial charge in [0.05, 0.1) is 0 Å². The number of rotatable bonds is 1. The molecule has 13 heavy (non-hydrogen) atoms. The van der Waals surface area contributed by atoms with Gasteiger partial charge in [-0.15, -0.1) is 0 Å². The van der Waals surface area contributed by atoms with E-state index in [1.807, 2.05) is 0 Å². The summed E-state index contributed by atoms with van der Waals surface area (Å²) in [5, 5.41) is 3.55. The maximum Gasteiger partial charge on any atom is 0.0182 e.